The fourth-order valence-corrected chi connectivity index (χ4v) is 5.34. The van der Waals surface area contributed by atoms with Gasteiger partial charge < -0.3 is 5.73 Å². The number of thioether (sulfide) groups is 1. The minimum Gasteiger partial charge on any atom is -0.326 e. The Kier molecular flexibility index (Phi) is 7.28. The third-order valence-corrected chi connectivity index (χ3v) is 6.93. The van der Waals surface area contributed by atoms with Gasteiger partial charge in [0.1, 0.15) is 11.7 Å². The lowest BCUT2D eigenvalue weighted by atomic mass is 10.1. The molecule has 0 spiro atoms. The largest absolute Gasteiger partial charge is 0.408 e. The highest BCUT2D eigenvalue weighted by molar-refractivity contribution is 7.99. The van der Waals surface area contributed by atoms with Gasteiger partial charge in [-0.2, -0.15) is 13.2 Å². The lowest BCUT2D eigenvalue weighted by Gasteiger charge is -2.30. The number of likely N-dealkylation sites (tertiary alicyclic amines) is 1. The number of pyridine rings is 2. The molecular formula is C24H26ClF3N6S. The summed E-state index contributed by atoms with van der Waals surface area (Å²) in [6.07, 6.45) is -2.41. The van der Waals surface area contributed by atoms with Crippen LogP contribution in [0.2, 0.25) is 0 Å². The Hall–Kier alpha value is -2.40. The van der Waals surface area contributed by atoms with Gasteiger partial charge in [-0.1, -0.05) is 32.0 Å². The van der Waals surface area contributed by atoms with E-state index in [9.17, 15) is 13.2 Å². The highest BCUT2D eigenvalue weighted by Crippen LogP contribution is 2.39. The van der Waals surface area contributed by atoms with E-state index in [1.54, 1.807) is 22.2 Å². The van der Waals surface area contributed by atoms with Crippen molar-refractivity contribution in [1.29, 1.82) is 0 Å². The molecule has 11 heteroatoms. The van der Waals surface area contributed by atoms with E-state index in [4.69, 9.17) is 10.7 Å². The molecule has 2 atom stereocenters. The first-order valence-electron chi connectivity index (χ1n) is 11.2. The van der Waals surface area contributed by atoms with Crippen LogP contribution in [0.5, 0.6) is 0 Å². The van der Waals surface area contributed by atoms with Crippen molar-refractivity contribution >= 4 is 40.7 Å². The summed E-state index contributed by atoms with van der Waals surface area (Å²) in [4.78, 5) is 7.27. The zero-order valence-corrected chi connectivity index (χ0v) is 20.9. The van der Waals surface area contributed by atoms with Crippen molar-refractivity contribution < 1.29 is 13.2 Å². The molecule has 1 fully saturated rings. The maximum atomic E-state index is 14.1. The van der Waals surface area contributed by atoms with Gasteiger partial charge in [-0.3, -0.25) is 9.30 Å². The normalized spacial score (nSPS) is 17.9. The van der Waals surface area contributed by atoms with E-state index < -0.39 is 12.2 Å². The second-order valence-corrected chi connectivity index (χ2v) is 10.6. The number of halogens is 4. The molecule has 0 amide bonds. The van der Waals surface area contributed by atoms with Gasteiger partial charge in [0, 0.05) is 40.9 Å². The average Bonchev–Trinajstić information content (AvgIpc) is 3.38. The average molecular weight is 523 g/mol. The lowest BCUT2D eigenvalue weighted by molar-refractivity contribution is -0.183. The molecule has 186 valence electrons. The number of rotatable bonds is 5. The quantitative estimate of drug-likeness (QED) is 0.349. The van der Waals surface area contributed by atoms with Gasteiger partial charge in [-0.05, 0) is 36.2 Å². The summed E-state index contributed by atoms with van der Waals surface area (Å²) in [7, 11) is 0. The van der Waals surface area contributed by atoms with Crippen molar-refractivity contribution in [1.82, 2.24) is 24.5 Å². The molecule has 0 unspecified atom stereocenters. The maximum absolute atomic E-state index is 14.1. The molecule has 3 aromatic heterocycles. The van der Waals surface area contributed by atoms with Gasteiger partial charge >= 0.3 is 6.18 Å². The molecule has 1 aromatic carbocycles. The number of nitrogens with two attached hydrogens (primary N) is 1. The van der Waals surface area contributed by atoms with Crippen LogP contribution in [0.4, 0.5) is 13.2 Å². The SMILES string of the molecule is CC(C)Sc1ccc2ccc(-c3nnc4ccc([C@@H](N5CC[C@H](N)C5)C(F)(F)F)cn34)nc2c1.Cl. The first kappa shape index (κ1) is 25.7. The summed E-state index contributed by atoms with van der Waals surface area (Å²) >= 11 is 1.75. The van der Waals surface area contributed by atoms with E-state index >= 15 is 0 Å². The van der Waals surface area contributed by atoms with E-state index in [0.29, 0.717) is 35.4 Å². The van der Waals surface area contributed by atoms with Gasteiger partial charge in [0.05, 0.1) is 5.52 Å². The third kappa shape index (κ3) is 5.25. The van der Waals surface area contributed by atoms with E-state index in [1.165, 1.54) is 17.2 Å². The Balaban J connectivity index is 0.00000289. The Morgan fingerprint density at radius 1 is 1.09 bits per heavy atom. The minimum atomic E-state index is -4.43. The maximum Gasteiger partial charge on any atom is 0.408 e. The Morgan fingerprint density at radius 3 is 2.54 bits per heavy atom. The molecule has 1 saturated heterocycles. The van der Waals surface area contributed by atoms with E-state index in [2.05, 4.69) is 30.1 Å². The van der Waals surface area contributed by atoms with Gasteiger partial charge in [0.15, 0.2) is 11.5 Å². The second-order valence-electron chi connectivity index (χ2n) is 8.92. The molecule has 6 nitrogen and oxygen atoms in total. The first-order valence-corrected chi connectivity index (χ1v) is 12.1. The molecule has 2 N–H and O–H groups in total. The number of hydrogen-bond acceptors (Lipinski definition) is 6. The second kappa shape index (κ2) is 9.93. The van der Waals surface area contributed by atoms with Gasteiger partial charge in [-0.25, -0.2) is 4.98 Å². The first-order chi connectivity index (χ1) is 16.2. The van der Waals surface area contributed by atoms with Crippen LogP contribution in [0.3, 0.4) is 0 Å². The van der Waals surface area contributed by atoms with E-state index in [-0.39, 0.29) is 30.6 Å². The molecule has 0 saturated carbocycles. The standard InChI is InChI=1S/C24H25F3N6S.ClH/c1-14(2)34-18-6-3-15-4-7-19(29-20(15)11-18)23-31-30-21-8-5-16(12-33(21)23)22(24(25,26)27)32-10-9-17(28)13-32;/h3-8,11-12,14,17,22H,9-10,13,28H2,1-2H3;1H/t17-,22+;/m0./s1. The monoisotopic (exact) mass is 522 g/mol. The number of aromatic nitrogens is 4. The molecular weight excluding hydrogens is 497 g/mol. The summed E-state index contributed by atoms with van der Waals surface area (Å²) in [5, 5.41) is 9.82. The van der Waals surface area contributed by atoms with Crippen LogP contribution >= 0.6 is 24.2 Å². The van der Waals surface area contributed by atoms with Crippen LogP contribution in [-0.4, -0.2) is 55.0 Å². The summed E-state index contributed by atoms with van der Waals surface area (Å²) in [6.45, 7) is 4.77. The Morgan fingerprint density at radius 2 is 1.86 bits per heavy atom. The van der Waals surface area contributed by atoms with Crippen LogP contribution in [-0.2, 0) is 0 Å². The number of fused-ring (bicyclic) bond motifs is 2. The van der Waals surface area contributed by atoms with Crippen LogP contribution in [0, 0.1) is 0 Å². The van der Waals surface area contributed by atoms with Crippen molar-refractivity contribution in [2.24, 2.45) is 5.73 Å². The zero-order chi connectivity index (χ0) is 24.0. The van der Waals surface area contributed by atoms with Crippen molar-refractivity contribution in [3.63, 3.8) is 0 Å². The van der Waals surface area contributed by atoms with Crippen molar-refractivity contribution in [2.45, 2.75) is 48.7 Å². The highest BCUT2D eigenvalue weighted by atomic mass is 35.5. The van der Waals surface area contributed by atoms with Gasteiger partial charge in [-0.15, -0.1) is 34.4 Å². The number of hydrogen-bond donors (Lipinski definition) is 1. The van der Waals surface area contributed by atoms with Crippen molar-refractivity contribution in [2.75, 3.05) is 13.1 Å². The molecule has 4 aromatic rings. The van der Waals surface area contributed by atoms with Gasteiger partial charge in [0.2, 0.25) is 0 Å². The predicted octanol–water partition coefficient (Wildman–Crippen LogP) is 5.50. The topological polar surface area (TPSA) is 72.3 Å². The Labute approximate surface area is 211 Å². The van der Waals surface area contributed by atoms with Crippen molar-refractivity contribution in [3.8, 4) is 11.5 Å². The molecule has 0 bridgehead atoms. The van der Waals surface area contributed by atoms with Crippen LogP contribution in [0.25, 0.3) is 28.1 Å². The number of alkyl halides is 3. The summed E-state index contributed by atoms with van der Waals surface area (Å²) < 4.78 is 43.9. The minimum absolute atomic E-state index is 0. The molecule has 1 aliphatic heterocycles. The lowest BCUT2D eigenvalue weighted by Crippen LogP contribution is -2.38. The predicted molar refractivity (Wildman–Crippen MR) is 135 cm³/mol. The van der Waals surface area contributed by atoms with E-state index in [0.717, 1.165) is 15.8 Å². The van der Waals surface area contributed by atoms with E-state index in [1.807, 2.05) is 24.3 Å². The molecule has 4 heterocycles. The highest BCUT2D eigenvalue weighted by Gasteiger charge is 2.46. The summed E-state index contributed by atoms with van der Waals surface area (Å²) in [5.41, 5.74) is 7.84. The third-order valence-electron chi connectivity index (χ3n) is 5.94. The zero-order valence-electron chi connectivity index (χ0n) is 19.2. The van der Waals surface area contributed by atoms with Crippen LogP contribution in [0.1, 0.15) is 31.9 Å². The van der Waals surface area contributed by atoms with Gasteiger partial charge in [0.25, 0.3) is 0 Å². The number of nitrogens with zero attached hydrogens (tertiary/aromatic N) is 5. The molecule has 5 rings (SSSR count). The molecule has 1 aliphatic rings. The van der Waals surface area contributed by atoms with Crippen LogP contribution in [0.15, 0.2) is 53.6 Å². The summed E-state index contributed by atoms with van der Waals surface area (Å²) in [5.74, 6) is 0.403. The van der Waals surface area contributed by atoms with Crippen LogP contribution < -0.4 is 5.73 Å². The fourth-order valence-electron chi connectivity index (χ4n) is 4.47. The fraction of sp³-hybridized carbons (Fsp3) is 0.375. The summed E-state index contributed by atoms with van der Waals surface area (Å²) in [6, 6.07) is 10.9. The van der Waals surface area contributed by atoms with Crippen molar-refractivity contribution in [3.05, 3.63) is 54.2 Å². The smallest absolute Gasteiger partial charge is 0.326 e. The molecule has 0 radical (unpaired) electrons. The molecule has 0 aliphatic carbocycles. The number of benzene rings is 1. The molecule has 35 heavy (non-hydrogen) atoms. The Bertz CT molecular complexity index is 1340.